The van der Waals surface area contributed by atoms with Crippen molar-refractivity contribution in [3.8, 4) is 5.75 Å². The van der Waals surface area contributed by atoms with Crippen LogP contribution >= 0.6 is 0 Å². The number of ether oxygens (including phenoxy) is 1. The number of likely N-dealkylation sites (N-methyl/N-ethyl adjacent to an activating group) is 1. The Hall–Kier alpha value is -2.35. The first-order chi connectivity index (χ1) is 12.9. The van der Waals surface area contributed by atoms with Crippen molar-refractivity contribution < 1.29 is 23.8 Å². The lowest BCUT2D eigenvalue weighted by Gasteiger charge is -2.42. The van der Waals surface area contributed by atoms with Gasteiger partial charge in [-0.15, -0.1) is 0 Å². The van der Waals surface area contributed by atoms with E-state index in [0.717, 1.165) is 12.8 Å². The molecule has 0 aliphatic heterocycles. The minimum atomic E-state index is -0.846. The van der Waals surface area contributed by atoms with Gasteiger partial charge in [-0.3, -0.25) is 9.69 Å². The minimum Gasteiger partial charge on any atom is -0.491 e. The molecule has 27 heavy (non-hydrogen) atoms. The number of nitrogens with zero attached hydrogens (tertiary/aromatic N) is 1. The molecule has 2 fully saturated rings. The van der Waals surface area contributed by atoms with E-state index in [1.54, 1.807) is 0 Å². The number of hydrogen-bond acceptors (Lipinski definition) is 4. The van der Waals surface area contributed by atoms with Crippen LogP contribution in [0.3, 0.4) is 0 Å². The van der Waals surface area contributed by atoms with Gasteiger partial charge in [0, 0.05) is 18.2 Å². The highest BCUT2D eigenvalue weighted by molar-refractivity contribution is 5.91. The number of carboxylic acid groups (broad SMARTS) is 1. The van der Waals surface area contributed by atoms with E-state index in [1.807, 2.05) is 11.8 Å². The molecule has 0 radical (unpaired) electrons. The SMILES string of the molecule is CCN(CC(=O)O)C1CC(NC(=O)Nc2ccc(F)cc2OCC2CC2)C1. The fourth-order valence-corrected chi connectivity index (χ4v) is 3.23. The normalized spacial score (nSPS) is 21.4. The van der Waals surface area contributed by atoms with E-state index < -0.39 is 11.8 Å². The Labute approximate surface area is 157 Å². The average Bonchev–Trinajstić information content (AvgIpc) is 3.40. The number of rotatable bonds is 9. The number of amides is 2. The summed E-state index contributed by atoms with van der Waals surface area (Å²) < 4.78 is 19.1. The quantitative estimate of drug-likeness (QED) is 0.614. The standard InChI is InChI=1S/C19H26FN3O4/c1-2-23(10-18(24)25)15-8-14(9-15)21-19(26)22-16-6-5-13(20)7-17(16)27-11-12-3-4-12/h5-7,12,14-15H,2-4,8-11H2,1H3,(H,24,25)(H2,21,22,26). The molecule has 1 aromatic carbocycles. The van der Waals surface area contributed by atoms with Crippen molar-refractivity contribution in [2.75, 3.05) is 25.0 Å². The first-order valence-electron chi connectivity index (χ1n) is 9.40. The number of carbonyl (C=O) groups is 2. The number of aliphatic carboxylic acids is 1. The molecular formula is C19H26FN3O4. The van der Waals surface area contributed by atoms with Gasteiger partial charge in [-0.2, -0.15) is 0 Å². The molecule has 0 spiro atoms. The van der Waals surface area contributed by atoms with Gasteiger partial charge in [-0.1, -0.05) is 6.92 Å². The summed E-state index contributed by atoms with van der Waals surface area (Å²) in [6.45, 7) is 3.12. The van der Waals surface area contributed by atoms with E-state index in [-0.39, 0.29) is 24.7 Å². The monoisotopic (exact) mass is 379 g/mol. The number of nitrogens with one attached hydrogen (secondary N) is 2. The first-order valence-corrected chi connectivity index (χ1v) is 9.40. The second-order valence-electron chi connectivity index (χ2n) is 7.27. The van der Waals surface area contributed by atoms with Gasteiger partial charge in [-0.05, 0) is 50.3 Å². The van der Waals surface area contributed by atoms with Crippen LogP contribution in [0, 0.1) is 11.7 Å². The summed E-state index contributed by atoms with van der Waals surface area (Å²) >= 11 is 0. The van der Waals surface area contributed by atoms with Crippen molar-refractivity contribution in [1.29, 1.82) is 0 Å². The van der Waals surface area contributed by atoms with E-state index in [0.29, 0.717) is 43.3 Å². The molecule has 3 N–H and O–H groups in total. The van der Waals surface area contributed by atoms with E-state index in [1.165, 1.54) is 18.2 Å². The molecule has 2 amide bonds. The molecule has 148 valence electrons. The molecular weight excluding hydrogens is 353 g/mol. The summed E-state index contributed by atoms with van der Waals surface area (Å²) in [6.07, 6.45) is 3.67. The molecule has 0 atom stereocenters. The predicted octanol–water partition coefficient (Wildman–Crippen LogP) is 2.67. The van der Waals surface area contributed by atoms with Gasteiger partial charge in [0.2, 0.25) is 0 Å². The van der Waals surface area contributed by atoms with Crippen LogP contribution in [0.4, 0.5) is 14.9 Å². The maximum absolute atomic E-state index is 13.5. The first kappa shape index (κ1) is 19.4. The van der Waals surface area contributed by atoms with E-state index in [4.69, 9.17) is 9.84 Å². The second kappa shape index (κ2) is 8.56. The largest absolute Gasteiger partial charge is 0.491 e. The van der Waals surface area contributed by atoms with Crippen LogP contribution < -0.4 is 15.4 Å². The van der Waals surface area contributed by atoms with E-state index >= 15 is 0 Å². The van der Waals surface area contributed by atoms with Gasteiger partial charge in [0.25, 0.3) is 0 Å². The summed E-state index contributed by atoms with van der Waals surface area (Å²) in [5.74, 6) is -0.399. The maximum Gasteiger partial charge on any atom is 0.319 e. The average molecular weight is 379 g/mol. The zero-order valence-corrected chi connectivity index (χ0v) is 15.4. The third-order valence-electron chi connectivity index (χ3n) is 5.07. The van der Waals surface area contributed by atoms with Crippen molar-refractivity contribution >= 4 is 17.7 Å². The van der Waals surface area contributed by atoms with Crippen LogP contribution in [0.1, 0.15) is 32.6 Å². The highest BCUT2D eigenvalue weighted by Crippen LogP contribution is 2.32. The van der Waals surface area contributed by atoms with Crippen LogP contribution in [0.15, 0.2) is 18.2 Å². The molecule has 1 aromatic rings. The molecule has 0 heterocycles. The highest BCUT2D eigenvalue weighted by atomic mass is 19.1. The van der Waals surface area contributed by atoms with Gasteiger partial charge in [0.15, 0.2) is 0 Å². The number of halogens is 1. The second-order valence-corrected chi connectivity index (χ2v) is 7.27. The fraction of sp³-hybridized carbons (Fsp3) is 0.579. The molecule has 2 aliphatic rings. The van der Waals surface area contributed by atoms with Gasteiger partial charge < -0.3 is 20.5 Å². The van der Waals surface area contributed by atoms with Crippen molar-refractivity contribution in [2.24, 2.45) is 5.92 Å². The highest BCUT2D eigenvalue weighted by Gasteiger charge is 2.34. The number of anilines is 1. The Balaban J connectivity index is 1.48. The molecule has 0 bridgehead atoms. The molecule has 0 saturated heterocycles. The molecule has 2 aliphatic carbocycles. The number of hydrogen-bond donors (Lipinski definition) is 3. The van der Waals surface area contributed by atoms with Crippen molar-refractivity contribution in [2.45, 2.75) is 44.7 Å². The summed E-state index contributed by atoms with van der Waals surface area (Å²) in [5.41, 5.74) is 0.437. The number of benzene rings is 1. The van der Waals surface area contributed by atoms with Gasteiger partial charge in [-0.25, -0.2) is 9.18 Å². The molecule has 7 nitrogen and oxygen atoms in total. The zero-order chi connectivity index (χ0) is 19.4. The van der Waals surface area contributed by atoms with Crippen LogP contribution in [-0.4, -0.2) is 53.8 Å². The Morgan fingerprint density at radius 3 is 2.70 bits per heavy atom. The van der Waals surface area contributed by atoms with Crippen molar-refractivity contribution in [3.05, 3.63) is 24.0 Å². The van der Waals surface area contributed by atoms with Crippen LogP contribution in [0.25, 0.3) is 0 Å². The number of urea groups is 1. The van der Waals surface area contributed by atoms with E-state index in [2.05, 4.69) is 10.6 Å². The minimum absolute atomic E-state index is 0.00544. The molecule has 0 unspecified atom stereocenters. The van der Waals surface area contributed by atoms with Gasteiger partial charge in [0.05, 0.1) is 18.8 Å². The third-order valence-corrected chi connectivity index (χ3v) is 5.07. The lowest BCUT2D eigenvalue weighted by molar-refractivity contribution is -0.139. The smallest absolute Gasteiger partial charge is 0.319 e. The van der Waals surface area contributed by atoms with Crippen LogP contribution in [-0.2, 0) is 4.79 Å². The summed E-state index contributed by atoms with van der Waals surface area (Å²) in [5, 5.41) is 14.5. The third kappa shape index (κ3) is 5.56. The van der Waals surface area contributed by atoms with Gasteiger partial charge >= 0.3 is 12.0 Å². The molecule has 8 heteroatoms. The fourth-order valence-electron chi connectivity index (χ4n) is 3.23. The molecule has 2 saturated carbocycles. The van der Waals surface area contributed by atoms with Crippen LogP contribution in [0.5, 0.6) is 5.75 Å². The lowest BCUT2D eigenvalue weighted by atomic mass is 9.85. The predicted molar refractivity (Wildman–Crippen MR) is 98.5 cm³/mol. The summed E-state index contributed by atoms with van der Waals surface area (Å²) in [6, 6.07) is 3.84. The maximum atomic E-state index is 13.5. The Bertz CT molecular complexity index is 690. The summed E-state index contributed by atoms with van der Waals surface area (Å²) in [7, 11) is 0. The lowest BCUT2D eigenvalue weighted by Crippen LogP contribution is -2.55. The molecule has 3 rings (SSSR count). The zero-order valence-electron chi connectivity index (χ0n) is 15.4. The van der Waals surface area contributed by atoms with Crippen molar-refractivity contribution in [1.82, 2.24) is 10.2 Å². The van der Waals surface area contributed by atoms with Crippen molar-refractivity contribution in [3.63, 3.8) is 0 Å². The Morgan fingerprint density at radius 2 is 2.07 bits per heavy atom. The number of carboxylic acids is 1. The Morgan fingerprint density at radius 1 is 1.33 bits per heavy atom. The summed E-state index contributed by atoms with van der Waals surface area (Å²) in [4.78, 5) is 25.0. The Kier molecular flexibility index (Phi) is 6.15. The number of carbonyl (C=O) groups excluding carboxylic acids is 1. The van der Waals surface area contributed by atoms with E-state index in [9.17, 15) is 14.0 Å². The molecule has 0 aromatic heterocycles. The van der Waals surface area contributed by atoms with Gasteiger partial charge in [0.1, 0.15) is 11.6 Å². The topological polar surface area (TPSA) is 90.9 Å². The van der Waals surface area contributed by atoms with Crippen LogP contribution in [0.2, 0.25) is 0 Å².